The number of sulfonamides is 1. The van der Waals surface area contributed by atoms with Crippen LogP contribution in [0.5, 0.6) is 0 Å². The molecule has 1 rings (SSSR count). The van der Waals surface area contributed by atoms with Crippen LogP contribution in [0.25, 0.3) is 0 Å². The second kappa shape index (κ2) is 6.50. The summed E-state index contributed by atoms with van der Waals surface area (Å²) < 4.78 is 27.1. The molecule has 5 heteroatoms. The molecule has 0 radical (unpaired) electrons. The van der Waals surface area contributed by atoms with Gasteiger partial charge in [0.1, 0.15) is 0 Å². The van der Waals surface area contributed by atoms with Gasteiger partial charge in [0.15, 0.2) is 0 Å². The van der Waals surface area contributed by atoms with Crippen molar-refractivity contribution in [3.63, 3.8) is 0 Å². The fraction of sp³-hybridized carbons (Fsp3) is 0.571. The lowest BCUT2D eigenvalue weighted by atomic mass is 9.92. The minimum Gasteiger partial charge on any atom is -0.329 e. The molecule has 19 heavy (non-hydrogen) atoms. The molecule has 0 aliphatic carbocycles. The minimum absolute atomic E-state index is 0.0124. The predicted molar refractivity (Wildman–Crippen MR) is 79.1 cm³/mol. The van der Waals surface area contributed by atoms with Crippen LogP contribution < -0.4 is 10.5 Å². The minimum atomic E-state index is -3.38. The van der Waals surface area contributed by atoms with Crippen molar-refractivity contribution in [3.8, 4) is 0 Å². The maximum absolute atomic E-state index is 12.2. The molecule has 1 aromatic carbocycles. The Morgan fingerprint density at radius 3 is 2.32 bits per heavy atom. The molecule has 0 spiro atoms. The molecular weight excluding hydrogens is 260 g/mol. The van der Waals surface area contributed by atoms with E-state index in [4.69, 9.17) is 5.73 Å². The summed E-state index contributed by atoms with van der Waals surface area (Å²) in [6, 6.07) is 9.15. The predicted octanol–water partition coefficient (Wildman–Crippen LogP) is 1.87. The zero-order valence-corrected chi connectivity index (χ0v) is 12.7. The first-order valence-electron chi connectivity index (χ1n) is 6.52. The average molecular weight is 284 g/mol. The number of hydrogen-bond donors (Lipinski definition) is 2. The number of benzene rings is 1. The highest BCUT2D eigenvalue weighted by Gasteiger charge is 2.29. The monoisotopic (exact) mass is 284 g/mol. The van der Waals surface area contributed by atoms with E-state index >= 15 is 0 Å². The summed E-state index contributed by atoms with van der Waals surface area (Å²) in [4.78, 5) is 0. The Labute approximate surface area is 116 Å². The van der Waals surface area contributed by atoms with Gasteiger partial charge >= 0.3 is 0 Å². The summed E-state index contributed by atoms with van der Waals surface area (Å²) >= 11 is 0. The smallest absolute Gasteiger partial charge is 0.216 e. The molecule has 0 saturated heterocycles. The van der Waals surface area contributed by atoms with E-state index in [1.807, 2.05) is 37.3 Å². The van der Waals surface area contributed by atoms with E-state index in [2.05, 4.69) is 18.6 Å². The van der Waals surface area contributed by atoms with Crippen molar-refractivity contribution in [3.05, 3.63) is 35.9 Å². The lowest BCUT2D eigenvalue weighted by molar-refractivity contribution is 0.344. The van der Waals surface area contributed by atoms with E-state index in [0.29, 0.717) is 12.5 Å². The van der Waals surface area contributed by atoms with Crippen molar-refractivity contribution >= 4 is 10.0 Å². The summed E-state index contributed by atoms with van der Waals surface area (Å²) in [6.45, 7) is 6.26. The summed E-state index contributed by atoms with van der Waals surface area (Å²) in [7, 11) is -3.38. The molecule has 0 saturated carbocycles. The number of rotatable bonds is 7. The van der Waals surface area contributed by atoms with E-state index in [9.17, 15) is 8.42 Å². The van der Waals surface area contributed by atoms with Gasteiger partial charge in [-0.1, -0.05) is 44.2 Å². The molecule has 0 fully saturated rings. The van der Waals surface area contributed by atoms with Crippen molar-refractivity contribution in [2.24, 2.45) is 11.7 Å². The molecule has 1 atom stereocenters. The average Bonchev–Trinajstić information content (AvgIpc) is 2.27. The molecule has 4 nitrogen and oxygen atoms in total. The third-order valence-corrected chi connectivity index (χ3v) is 4.43. The van der Waals surface area contributed by atoms with Gasteiger partial charge in [0.05, 0.1) is 5.75 Å². The van der Waals surface area contributed by atoms with Gasteiger partial charge in [0.25, 0.3) is 0 Å². The summed E-state index contributed by atoms with van der Waals surface area (Å²) in [6.07, 6.45) is 0.720. The quantitative estimate of drug-likeness (QED) is 0.803. The Balaban J connectivity index is 2.78. The Hall–Kier alpha value is -0.910. The van der Waals surface area contributed by atoms with E-state index in [-0.39, 0.29) is 5.75 Å². The molecule has 1 unspecified atom stereocenters. The van der Waals surface area contributed by atoms with Crippen LogP contribution >= 0.6 is 0 Å². The van der Waals surface area contributed by atoms with Crippen molar-refractivity contribution in [1.82, 2.24) is 4.72 Å². The lowest BCUT2D eigenvalue weighted by Crippen LogP contribution is -2.52. The molecule has 0 heterocycles. The van der Waals surface area contributed by atoms with Gasteiger partial charge in [-0.25, -0.2) is 13.1 Å². The largest absolute Gasteiger partial charge is 0.329 e. The first-order valence-corrected chi connectivity index (χ1v) is 8.17. The highest BCUT2D eigenvalue weighted by molar-refractivity contribution is 7.88. The van der Waals surface area contributed by atoms with Crippen LogP contribution in [0.3, 0.4) is 0 Å². The fourth-order valence-electron chi connectivity index (χ4n) is 2.27. The van der Waals surface area contributed by atoms with E-state index in [1.54, 1.807) is 0 Å². The summed E-state index contributed by atoms with van der Waals surface area (Å²) in [5, 5.41) is 0. The summed E-state index contributed by atoms with van der Waals surface area (Å²) in [5.74, 6) is 0.370. The Kier molecular flexibility index (Phi) is 5.52. The fourth-order valence-corrected chi connectivity index (χ4v) is 3.89. The molecule has 1 aromatic rings. The highest BCUT2D eigenvalue weighted by atomic mass is 32.2. The van der Waals surface area contributed by atoms with Gasteiger partial charge in [0.2, 0.25) is 10.0 Å². The Morgan fingerprint density at radius 1 is 1.26 bits per heavy atom. The van der Waals surface area contributed by atoms with Gasteiger partial charge < -0.3 is 5.73 Å². The zero-order chi connectivity index (χ0) is 14.5. The zero-order valence-electron chi connectivity index (χ0n) is 11.9. The van der Waals surface area contributed by atoms with Gasteiger partial charge in [-0.15, -0.1) is 0 Å². The molecule has 0 bridgehead atoms. The number of nitrogens with two attached hydrogens (primary N) is 1. The van der Waals surface area contributed by atoms with Crippen molar-refractivity contribution in [1.29, 1.82) is 0 Å². The number of hydrogen-bond acceptors (Lipinski definition) is 3. The van der Waals surface area contributed by atoms with Gasteiger partial charge in [0, 0.05) is 12.1 Å². The van der Waals surface area contributed by atoms with Gasteiger partial charge in [-0.05, 0) is 24.8 Å². The third kappa shape index (κ3) is 5.72. The van der Waals surface area contributed by atoms with Crippen LogP contribution in [0.15, 0.2) is 30.3 Å². The topological polar surface area (TPSA) is 72.2 Å². The first-order chi connectivity index (χ1) is 8.76. The molecule has 3 N–H and O–H groups in total. The Bertz CT molecular complexity index is 485. The van der Waals surface area contributed by atoms with E-state index < -0.39 is 15.6 Å². The van der Waals surface area contributed by atoms with Crippen molar-refractivity contribution in [2.45, 2.75) is 38.5 Å². The number of nitrogens with one attached hydrogen (secondary N) is 1. The second-order valence-corrected chi connectivity index (χ2v) is 7.43. The van der Waals surface area contributed by atoms with E-state index in [0.717, 1.165) is 12.0 Å². The standard InChI is InChI=1S/C14H24N2O2S/c1-12(2)9-14(3,11-15)16-19(17,18)10-13-7-5-4-6-8-13/h4-8,12,16H,9-11,15H2,1-3H3. The van der Waals surface area contributed by atoms with Crippen LogP contribution in [-0.4, -0.2) is 20.5 Å². The third-order valence-electron chi connectivity index (χ3n) is 2.91. The van der Waals surface area contributed by atoms with Gasteiger partial charge in [-0.2, -0.15) is 0 Å². The van der Waals surface area contributed by atoms with Crippen LogP contribution in [0.4, 0.5) is 0 Å². The normalized spacial score (nSPS) is 15.4. The molecular formula is C14H24N2O2S. The highest BCUT2D eigenvalue weighted by Crippen LogP contribution is 2.17. The lowest BCUT2D eigenvalue weighted by Gasteiger charge is -2.30. The maximum atomic E-state index is 12.2. The van der Waals surface area contributed by atoms with Crippen molar-refractivity contribution < 1.29 is 8.42 Å². The maximum Gasteiger partial charge on any atom is 0.216 e. The Morgan fingerprint density at radius 2 is 1.84 bits per heavy atom. The van der Waals surface area contributed by atoms with Gasteiger partial charge in [-0.3, -0.25) is 0 Å². The molecule has 0 aromatic heterocycles. The second-order valence-electron chi connectivity index (χ2n) is 5.71. The van der Waals surface area contributed by atoms with E-state index in [1.165, 1.54) is 0 Å². The molecule has 108 valence electrons. The van der Waals surface area contributed by atoms with Crippen LogP contribution in [0.1, 0.15) is 32.8 Å². The first kappa shape index (κ1) is 16.1. The van der Waals surface area contributed by atoms with Crippen LogP contribution in [0.2, 0.25) is 0 Å². The van der Waals surface area contributed by atoms with Crippen LogP contribution in [0, 0.1) is 5.92 Å². The van der Waals surface area contributed by atoms with Crippen LogP contribution in [-0.2, 0) is 15.8 Å². The van der Waals surface area contributed by atoms with Crippen molar-refractivity contribution in [2.75, 3.05) is 6.54 Å². The molecule has 0 aliphatic heterocycles. The molecule has 0 aliphatic rings. The summed E-state index contributed by atoms with van der Waals surface area (Å²) in [5.41, 5.74) is 5.92. The SMILES string of the molecule is CC(C)CC(C)(CN)NS(=O)(=O)Cc1ccccc1. The molecule has 0 amide bonds.